The number of amides is 1. The lowest BCUT2D eigenvalue weighted by Crippen LogP contribution is -2.44. The van der Waals surface area contributed by atoms with Crippen LogP contribution in [0.1, 0.15) is 44.1 Å². The summed E-state index contributed by atoms with van der Waals surface area (Å²) in [6.45, 7) is 2.86. The highest BCUT2D eigenvalue weighted by atomic mass is 32.2. The second-order valence-electron chi connectivity index (χ2n) is 6.98. The topological polar surface area (TPSA) is 37.4 Å². The first kappa shape index (κ1) is 15.1. The smallest absolute Gasteiger partial charge is 0.230 e. The molecule has 0 spiro atoms. The second-order valence-corrected chi connectivity index (χ2v) is 8.43. The van der Waals surface area contributed by atoms with Crippen molar-refractivity contribution in [2.24, 2.45) is 11.8 Å². The van der Waals surface area contributed by atoms with Crippen molar-refractivity contribution in [3.8, 4) is 0 Å². The van der Waals surface area contributed by atoms with Crippen LogP contribution in [0.2, 0.25) is 0 Å². The molecule has 0 N–H and O–H groups in total. The summed E-state index contributed by atoms with van der Waals surface area (Å²) < 4.78 is 13.3. The highest BCUT2D eigenvalue weighted by molar-refractivity contribution is 7.89. The zero-order valence-electron chi connectivity index (χ0n) is 13.6. The van der Waals surface area contributed by atoms with Crippen molar-refractivity contribution in [1.82, 2.24) is 4.90 Å². The lowest BCUT2D eigenvalue weighted by Gasteiger charge is -2.40. The normalized spacial score (nSPS) is 28.6. The lowest BCUT2D eigenvalue weighted by atomic mass is 9.76. The van der Waals surface area contributed by atoms with Gasteiger partial charge in [0, 0.05) is 33.9 Å². The summed E-state index contributed by atoms with van der Waals surface area (Å²) in [5, 5.41) is 0. The first-order valence-corrected chi connectivity index (χ1v) is 9.84. The quantitative estimate of drug-likeness (QED) is 0.828. The van der Waals surface area contributed by atoms with Crippen LogP contribution in [-0.2, 0) is 15.6 Å². The van der Waals surface area contributed by atoms with Crippen LogP contribution in [0.15, 0.2) is 39.8 Å². The van der Waals surface area contributed by atoms with E-state index in [1.165, 1.54) is 5.56 Å². The molecule has 0 radical (unpaired) electrons. The summed E-state index contributed by atoms with van der Waals surface area (Å²) in [5.41, 5.74) is 2.26. The monoisotopic (exact) mass is 329 g/mol. The Balaban J connectivity index is 1.79. The molecule has 1 aliphatic carbocycles. The molecule has 0 bridgehead atoms. The molecular formula is C19H23NO2S. The van der Waals surface area contributed by atoms with E-state index in [1.807, 2.05) is 36.1 Å². The molecule has 1 saturated heterocycles. The van der Waals surface area contributed by atoms with Gasteiger partial charge in [-0.05, 0) is 44.7 Å². The Morgan fingerprint density at radius 3 is 2.48 bits per heavy atom. The Kier molecular flexibility index (Phi) is 3.88. The number of aryl methyl sites for hydroxylation is 1. The zero-order valence-corrected chi connectivity index (χ0v) is 14.4. The van der Waals surface area contributed by atoms with Crippen molar-refractivity contribution in [3.63, 3.8) is 0 Å². The van der Waals surface area contributed by atoms with Crippen molar-refractivity contribution in [2.45, 2.75) is 50.3 Å². The SMILES string of the molecule is Cc1ccc(S(=O)C2=C3CCCN3C(=O)[C@H]3CCCC[C@@H]23)cc1. The molecule has 23 heavy (non-hydrogen) atoms. The summed E-state index contributed by atoms with van der Waals surface area (Å²) in [6, 6.07) is 8.01. The molecule has 1 saturated carbocycles. The van der Waals surface area contributed by atoms with Gasteiger partial charge in [0.2, 0.25) is 5.91 Å². The Hall–Kier alpha value is -1.42. The molecule has 4 rings (SSSR count). The van der Waals surface area contributed by atoms with E-state index >= 15 is 0 Å². The van der Waals surface area contributed by atoms with Gasteiger partial charge in [-0.25, -0.2) is 4.21 Å². The van der Waals surface area contributed by atoms with Crippen LogP contribution in [-0.4, -0.2) is 21.6 Å². The number of allylic oxidation sites excluding steroid dienone is 2. The van der Waals surface area contributed by atoms with Gasteiger partial charge in [-0.15, -0.1) is 0 Å². The summed E-state index contributed by atoms with van der Waals surface area (Å²) in [7, 11) is -1.14. The molecule has 3 nitrogen and oxygen atoms in total. The average Bonchev–Trinajstić information content (AvgIpc) is 3.05. The largest absolute Gasteiger partial charge is 0.315 e. The lowest BCUT2D eigenvalue weighted by molar-refractivity contribution is -0.136. The highest BCUT2D eigenvalue weighted by Gasteiger charge is 2.46. The molecule has 122 valence electrons. The predicted molar refractivity (Wildman–Crippen MR) is 91.0 cm³/mol. The summed E-state index contributed by atoms with van der Waals surface area (Å²) in [5.74, 6) is 0.560. The van der Waals surface area contributed by atoms with E-state index in [0.29, 0.717) is 5.91 Å². The minimum atomic E-state index is -1.14. The molecule has 2 heterocycles. The first-order valence-electron chi connectivity index (χ1n) is 8.69. The van der Waals surface area contributed by atoms with Gasteiger partial charge in [0.1, 0.15) is 0 Å². The van der Waals surface area contributed by atoms with Crippen LogP contribution in [0, 0.1) is 18.8 Å². The van der Waals surface area contributed by atoms with E-state index in [9.17, 15) is 9.00 Å². The molecule has 2 aliphatic heterocycles. The van der Waals surface area contributed by atoms with Gasteiger partial charge in [-0.2, -0.15) is 0 Å². The van der Waals surface area contributed by atoms with Crippen molar-refractivity contribution in [3.05, 3.63) is 40.4 Å². The molecule has 1 aromatic rings. The molecule has 1 aromatic carbocycles. The molecule has 3 aliphatic rings. The number of hydrogen-bond donors (Lipinski definition) is 0. The Bertz CT molecular complexity index is 692. The van der Waals surface area contributed by atoms with Crippen molar-refractivity contribution in [2.75, 3.05) is 6.54 Å². The number of carbonyl (C=O) groups excluding carboxylic acids is 1. The minimum absolute atomic E-state index is 0.0648. The van der Waals surface area contributed by atoms with Crippen LogP contribution in [0.25, 0.3) is 0 Å². The van der Waals surface area contributed by atoms with E-state index < -0.39 is 10.8 Å². The summed E-state index contributed by atoms with van der Waals surface area (Å²) in [4.78, 5) is 16.7. The second kappa shape index (κ2) is 5.90. The average molecular weight is 329 g/mol. The highest BCUT2D eigenvalue weighted by Crippen LogP contribution is 2.47. The minimum Gasteiger partial charge on any atom is -0.315 e. The third-order valence-corrected chi connectivity index (χ3v) is 7.16. The maximum atomic E-state index is 13.3. The van der Waals surface area contributed by atoms with Crippen LogP contribution in [0.4, 0.5) is 0 Å². The van der Waals surface area contributed by atoms with Gasteiger partial charge in [0.15, 0.2) is 0 Å². The zero-order chi connectivity index (χ0) is 16.0. The van der Waals surface area contributed by atoms with Crippen molar-refractivity contribution in [1.29, 1.82) is 0 Å². The Morgan fingerprint density at radius 1 is 1.04 bits per heavy atom. The number of hydrogen-bond acceptors (Lipinski definition) is 2. The molecule has 0 aromatic heterocycles. The molecule has 1 amide bonds. The van der Waals surface area contributed by atoms with E-state index in [1.54, 1.807) is 0 Å². The number of benzene rings is 1. The molecule has 2 fully saturated rings. The fourth-order valence-corrected chi connectivity index (χ4v) is 5.98. The van der Waals surface area contributed by atoms with Gasteiger partial charge in [0.05, 0.1) is 10.8 Å². The fourth-order valence-electron chi connectivity index (χ4n) is 4.36. The summed E-state index contributed by atoms with van der Waals surface area (Å²) in [6.07, 6.45) is 6.16. The number of nitrogens with zero attached hydrogens (tertiary/aromatic N) is 1. The van der Waals surface area contributed by atoms with Crippen molar-refractivity contribution < 1.29 is 9.00 Å². The van der Waals surface area contributed by atoms with Gasteiger partial charge in [-0.1, -0.05) is 30.5 Å². The van der Waals surface area contributed by atoms with Gasteiger partial charge < -0.3 is 4.90 Å². The van der Waals surface area contributed by atoms with Crippen LogP contribution in [0.3, 0.4) is 0 Å². The maximum absolute atomic E-state index is 13.3. The van der Waals surface area contributed by atoms with Gasteiger partial charge in [0.25, 0.3) is 0 Å². The summed E-state index contributed by atoms with van der Waals surface area (Å²) >= 11 is 0. The van der Waals surface area contributed by atoms with Crippen LogP contribution < -0.4 is 0 Å². The Labute approximate surface area is 140 Å². The van der Waals surface area contributed by atoms with E-state index in [4.69, 9.17) is 0 Å². The predicted octanol–water partition coefficient (Wildman–Crippen LogP) is 3.76. The first-order chi connectivity index (χ1) is 11.2. The van der Waals surface area contributed by atoms with Gasteiger partial charge in [-0.3, -0.25) is 4.79 Å². The molecular weight excluding hydrogens is 306 g/mol. The standard InChI is InChI=1S/C19H23NO2S/c1-13-8-10-14(11-9-13)23(22)18-15-5-2-3-6-16(15)19(21)20-12-4-7-17(18)20/h8-11,15-16H,2-7,12H2,1H3/t15-,16+,23?/m1/s1. The molecule has 4 heteroatoms. The Morgan fingerprint density at radius 2 is 1.74 bits per heavy atom. The van der Waals surface area contributed by atoms with E-state index in [0.717, 1.165) is 60.6 Å². The third-order valence-electron chi connectivity index (χ3n) is 5.53. The maximum Gasteiger partial charge on any atom is 0.230 e. The number of rotatable bonds is 2. The van der Waals surface area contributed by atoms with Gasteiger partial charge >= 0.3 is 0 Å². The van der Waals surface area contributed by atoms with Crippen LogP contribution >= 0.6 is 0 Å². The van der Waals surface area contributed by atoms with E-state index in [2.05, 4.69) is 0 Å². The number of fused-ring (bicyclic) bond motifs is 2. The van der Waals surface area contributed by atoms with Crippen molar-refractivity contribution >= 4 is 16.7 Å². The number of carbonyl (C=O) groups is 1. The third kappa shape index (κ3) is 2.47. The fraction of sp³-hybridized carbons (Fsp3) is 0.526. The molecule has 3 atom stereocenters. The molecule has 1 unspecified atom stereocenters. The van der Waals surface area contributed by atoms with E-state index in [-0.39, 0.29) is 11.8 Å². The van der Waals surface area contributed by atoms with Crippen LogP contribution in [0.5, 0.6) is 0 Å².